The molecule has 0 saturated carbocycles. The number of carbonyl (C=O) groups is 1. The van der Waals surface area contributed by atoms with Crippen molar-refractivity contribution >= 4 is 23.1 Å². The molecule has 6 nitrogen and oxygen atoms in total. The van der Waals surface area contributed by atoms with Crippen LogP contribution in [0.25, 0.3) is 0 Å². The Bertz CT molecular complexity index is 909. The fourth-order valence-electron chi connectivity index (χ4n) is 3.34. The molecule has 4 rings (SSSR count). The number of piperazine rings is 1. The maximum absolute atomic E-state index is 12.1. The van der Waals surface area contributed by atoms with E-state index in [1.807, 2.05) is 48.5 Å². The number of pyridine rings is 1. The van der Waals surface area contributed by atoms with Crippen molar-refractivity contribution in [1.29, 1.82) is 0 Å². The van der Waals surface area contributed by atoms with Crippen LogP contribution in [0.5, 0.6) is 5.75 Å². The summed E-state index contributed by atoms with van der Waals surface area (Å²) in [6.45, 7) is 3.71. The minimum Gasteiger partial charge on any atom is -0.484 e. The molecule has 1 amide bonds. The fraction of sp³-hybridized carbons (Fsp3) is 0.217. The average molecular weight is 388 g/mol. The second-order valence-electron chi connectivity index (χ2n) is 6.86. The first kappa shape index (κ1) is 18.8. The van der Waals surface area contributed by atoms with Gasteiger partial charge in [-0.2, -0.15) is 0 Å². The Balaban J connectivity index is 1.26. The summed E-state index contributed by atoms with van der Waals surface area (Å²) in [6.07, 6.45) is 1.69. The average Bonchev–Trinajstić information content (AvgIpc) is 2.80. The van der Waals surface area contributed by atoms with Gasteiger partial charge in [0.1, 0.15) is 11.6 Å². The summed E-state index contributed by atoms with van der Waals surface area (Å²) in [7, 11) is 0. The molecule has 2 aromatic carbocycles. The normalized spacial score (nSPS) is 13.8. The smallest absolute Gasteiger partial charge is 0.262 e. The van der Waals surface area contributed by atoms with E-state index in [-0.39, 0.29) is 12.5 Å². The van der Waals surface area contributed by atoms with Gasteiger partial charge in [0.15, 0.2) is 6.61 Å². The molecular weight excluding hydrogens is 364 g/mol. The van der Waals surface area contributed by atoms with Crippen molar-refractivity contribution in [2.75, 3.05) is 47.9 Å². The predicted molar refractivity (Wildman–Crippen MR) is 116 cm³/mol. The van der Waals surface area contributed by atoms with Gasteiger partial charge in [-0.15, -0.1) is 0 Å². The monoisotopic (exact) mass is 388 g/mol. The van der Waals surface area contributed by atoms with Crippen LogP contribution in [0.3, 0.4) is 0 Å². The molecular formula is C23H24N4O2. The number of ether oxygens (including phenoxy) is 1. The number of hydrogen-bond acceptors (Lipinski definition) is 5. The standard InChI is InChI=1S/C23H24N4O2/c28-23(18-29-21-9-5-2-6-10-21)25-19-11-12-22(24-17-19)27-15-13-26(14-16-27)20-7-3-1-4-8-20/h1-12,17H,13-16,18H2,(H,25,28). The number of benzene rings is 2. The number of nitrogens with one attached hydrogen (secondary N) is 1. The molecule has 0 radical (unpaired) electrons. The van der Waals surface area contributed by atoms with Crippen LogP contribution in [0.1, 0.15) is 0 Å². The fourth-order valence-corrected chi connectivity index (χ4v) is 3.34. The molecule has 0 atom stereocenters. The van der Waals surface area contributed by atoms with Crippen molar-refractivity contribution in [3.63, 3.8) is 0 Å². The van der Waals surface area contributed by atoms with Gasteiger partial charge in [-0.25, -0.2) is 4.98 Å². The molecule has 0 unspecified atom stereocenters. The minimum atomic E-state index is -0.208. The molecule has 1 saturated heterocycles. The van der Waals surface area contributed by atoms with Crippen LogP contribution in [-0.4, -0.2) is 43.7 Å². The molecule has 1 aliphatic rings. The number of amides is 1. The van der Waals surface area contributed by atoms with Crippen molar-refractivity contribution in [1.82, 2.24) is 4.98 Å². The Morgan fingerprint density at radius 3 is 2.17 bits per heavy atom. The molecule has 0 spiro atoms. The maximum atomic E-state index is 12.1. The highest BCUT2D eigenvalue weighted by Crippen LogP contribution is 2.20. The zero-order valence-electron chi connectivity index (χ0n) is 16.2. The predicted octanol–water partition coefficient (Wildman–Crippen LogP) is 3.43. The Labute approximate surface area is 170 Å². The van der Waals surface area contributed by atoms with Crippen LogP contribution in [0.2, 0.25) is 0 Å². The highest BCUT2D eigenvalue weighted by Gasteiger charge is 2.18. The van der Waals surface area contributed by atoms with E-state index >= 15 is 0 Å². The molecule has 6 heteroatoms. The summed E-state index contributed by atoms with van der Waals surface area (Å²) in [5.74, 6) is 1.39. The van der Waals surface area contributed by atoms with E-state index in [4.69, 9.17) is 4.74 Å². The van der Waals surface area contributed by atoms with Crippen LogP contribution < -0.4 is 19.9 Å². The summed E-state index contributed by atoms with van der Waals surface area (Å²) >= 11 is 0. The highest BCUT2D eigenvalue weighted by atomic mass is 16.5. The number of rotatable bonds is 6. The minimum absolute atomic E-state index is 0.0345. The zero-order valence-corrected chi connectivity index (χ0v) is 16.2. The summed E-state index contributed by atoms with van der Waals surface area (Å²) in [6, 6.07) is 23.6. The highest BCUT2D eigenvalue weighted by molar-refractivity contribution is 5.91. The van der Waals surface area contributed by atoms with Crippen LogP contribution in [-0.2, 0) is 4.79 Å². The van der Waals surface area contributed by atoms with Crippen molar-refractivity contribution in [3.8, 4) is 5.75 Å². The SMILES string of the molecule is O=C(COc1ccccc1)Nc1ccc(N2CCN(c3ccccc3)CC2)nc1. The topological polar surface area (TPSA) is 57.7 Å². The third kappa shape index (κ3) is 5.04. The van der Waals surface area contributed by atoms with Gasteiger partial charge in [0.05, 0.1) is 11.9 Å². The number of para-hydroxylation sites is 2. The van der Waals surface area contributed by atoms with Gasteiger partial charge in [-0.05, 0) is 36.4 Å². The lowest BCUT2D eigenvalue weighted by molar-refractivity contribution is -0.118. The summed E-state index contributed by atoms with van der Waals surface area (Å²) in [5, 5.41) is 2.82. The van der Waals surface area contributed by atoms with E-state index < -0.39 is 0 Å². The van der Waals surface area contributed by atoms with Crippen LogP contribution in [0, 0.1) is 0 Å². The van der Waals surface area contributed by atoms with Gasteiger partial charge >= 0.3 is 0 Å². The summed E-state index contributed by atoms with van der Waals surface area (Å²) < 4.78 is 5.46. The second kappa shape index (κ2) is 9.10. The van der Waals surface area contributed by atoms with Crippen LogP contribution >= 0.6 is 0 Å². The van der Waals surface area contributed by atoms with Crippen LogP contribution in [0.15, 0.2) is 79.0 Å². The van der Waals surface area contributed by atoms with Crippen molar-refractivity contribution in [3.05, 3.63) is 79.0 Å². The van der Waals surface area contributed by atoms with Crippen LogP contribution in [0.4, 0.5) is 17.2 Å². The lowest BCUT2D eigenvalue weighted by Gasteiger charge is -2.36. The largest absolute Gasteiger partial charge is 0.484 e. The molecule has 1 fully saturated rings. The Morgan fingerprint density at radius 2 is 1.52 bits per heavy atom. The van der Waals surface area contributed by atoms with Gasteiger partial charge in [0, 0.05) is 31.9 Å². The Kier molecular flexibility index (Phi) is 5.90. The summed E-state index contributed by atoms with van der Waals surface area (Å²) in [5.41, 5.74) is 1.93. The second-order valence-corrected chi connectivity index (χ2v) is 6.86. The van der Waals surface area contributed by atoms with E-state index in [0.717, 1.165) is 32.0 Å². The van der Waals surface area contributed by atoms with E-state index in [1.165, 1.54) is 5.69 Å². The lowest BCUT2D eigenvalue weighted by Crippen LogP contribution is -2.46. The number of anilines is 3. The molecule has 1 aliphatic heterocycles. The molecule has 0 bridgehead atoms. The molecule has 1 aromatic heterocycles. The maximum Gasteiger partial charge on any atom is 0.262 e. The zero-order chi connectivity index (χ0) is 19.9. The van der Waals surface area contributed by atoms with Gasteiger partial charge in [-0.3, -0.25) is 4.79 Å². The Morgan fingerprint density at radius 1 is 0.862 bits per heavy atom. The van der Waals surface area contributed by atoms with Gasteiger partial charge in [0.25, 0.3) is 5.91 Å². The summed E-state index contributed by atoms with van der Waals surface area (Å²) in [4.78, 5) is 21.2. The molecule has 1 N–H and O–H groups in total. The first-order chi connectivity index (χ1) is 14.3. The van der Waals surface area contributed by atoms with Crippen molar-refractivity contribution < 1.29 is 9.53 Å². The van der Waals surface area contributed by atoms with Crippen molar-refractivity contribution in [2.24, 2.45) is 0 Å². The first-order valence-electron chi connectivity index (χ1n) is 9.77. The molecule has 0 aliphatic carbocycles. The van der Waals surface area contributed by atoms with E-state index in [0.29, 0.717) is 11.4 Å². The quantitative estimate of drug-likeness (QED) is 0.701. The molecule has 3 aromatic rings. The molecule has 2 heterocycles. The third-order valence-electron chi connectivity index (χ3n) is 4.87. The molecule has 29 heavy (non-hydrogen) atoms. The van der Waals surface area contributed by atoms with E-state index in [1.54, 1.807) is 6.20 Å². The number of hydrogen-bond donors (Lipinski definition) is 1. The molecule has 148 valence electrons. The van der Waals surface area contributed by atoms with Gasteiger partial charge < -0.3 is 19.9 Å². The third-order valence-corrected chi connectivity index (χ3v) is 4.87. The first-order valence-corrected chi connectivity index (χ1v) is 9.77. The van der Waals surface area contributed by atoms with Gasteiger partial charge in [-0.1, -0.05) is 36.4 Å². The number of nitrogens with zero attached hydrogens (tertiary/aromatic N) is 3. The van der Waals surface area contributed by atoms with E-state index in [9.17, 15) is 4.79 Å². The number of carbonyl (C=O) groups excluding carboxylic acids is 1. The lowest BCUT2D eigenvalue weighted by atomic mass is 10.2. The number of aromatic nitrogens is 1. The van der Waals surface area contributed by atoms with Gasteiger partial charge in [0.2, 0.25) is 0 Å². The van der Waals surface area contributed by atoms with E-state index in [2.05, 4.69) is 44.4 Å². The Hall–Kier alpha value is -3.54. The van der Waals surface area contributed by atoms with Crippen molar-refractivity contribution in [2.45, 2.75) is 0 Å².